The van der Waals surface area contributed by atoms with Gasteiger partial charge in [0.25, 0.3) is 0 Å². The summed E-state index contributed by atoms with van der Waals surface area (Å²) >= 11 is 0. The van der Waals surface area contributed by atoms with Crippen molar-refractivity contribution in [2.45, 2.75) is 116 Å². The number of fused-ring (bicyclic) bond motifs is 2. The number of esters is 1. The van der Waals surface area contributed by atoms with Crippen LogP contribution in [-0.4, -0.2) is 53.1 Å². The van der Waals surface area contributed by atoms with Gasteiger partial charge in [-0.05, 0) is 68.4 Å². The highest BCUT2D eigenvalue weighted by Gasteiger charge is 2.67. The lowest BCUT2D eigenvalue weighted by atomic mass is 9.69. The molecule has 8 heteroatoms. The molecular formula is C30H43N3O4S. The van der Waals surface area contributed by atoms with Crippen LogP contribution >= 0.6 is 0 Å². The Hall–Kier alpha value is -2.02. The second-order valence-corrected chi connectivity index (χ2v) is 14.6. The molecule has 0 aromatic heterocycles. The second kappa shape index (κ2) is 10.9. The summed E-state index contributed by atoms with van der Waals surface area (Å²) in [6.07, 6.45) is 12.3. The van der Waals surface area contributed by atoms with Gasteiger partial charge in [0.2, 0.25) is 10.0 Å². The van der Waals surface area contributed by atoms with Crippen LogP contribution in [0.25, 0.3) is 5.53 Å². The first-order chi connectivity index (χ1) is 18.2. The van der Waals surface area contributed by atoms with Crippen molar-refractivity contribution in [3.8, 4) is 0 Å². The zero-order chi connectivity index (χ0) is 27.0. The molecule has 0 radical (unpaired) electrons. The van der Waals surface area contributed by atoms with Crippen molar-refractivity contribution in [2.24, 2.45) is 16.7 Å². The lowest BCUT2D eigenvalue weighted by molar-refractivity contribution is -0.152. The molecule has 3 atom stereocenters. The van der Waals surface area contributed by atoms with Crippen molar-refractivity contribution in [1.29, 1.82) is 0 Å². The lowest BCUT2D eigenvalue weighted by Crippen LogP contribution is -2.54. The van der Waals surface area contributed by atoms with E-state index in [2.05, 4.69) is 18.6 Å². The van der Waals surface area contributed by atoms with Crippen LogP contribution in [0.3, 0.4) is 0 Å². The molecule has 208 valence electrons. The van der Waals surface area contributed by atoms with E-state index >= 15 is 0 Å². The van der Waals surface area contributed by atoms with Crippen molar-refractivity contribution >= 4 is 21.7 Å². The third kappa shape index (κ3) is 4.89. The van der Waals surface area contributed by atoms with Crippen LogP contribution in [-0.2, 0) is 19.6 Å². The third-order valence-corrected chi connectivity index (χ3v) is 12.7. The van der Waals surface area contributed by atoms with Gasteiger partial charge in [-0.2, -0.15) is 9.10 Å². The van der Waals surface area contributed by atoms with Crippen LogP contribution in [0.5, 0.6) is 0 Å². The minimum Gasteiger partial charge on any atom is -0.453 e. The Morgan fingerprint density at radius 3 is 2.08 bits per heavy atom. The van der Waals surface area contributed by atoms with Gasteiger partial charge in [0, 0.05) is 17.5 Å². The quantitative estimate of drug-likeness (QED) is 0.181. The topological polar surface area (TPSA) is 100 Å². The molecule has 0 N–H and O–H groups in total. The van der Waals surface area contributed by atoms with E-state index < -0.39 is 27.5 Å². The Morgan fingerprint density at radius 1 is 0.974 bits per heavy atom. The minimum atomic E-state index is -3.60. The number of carbonyl (C=O) groups is 1. The summed E-state index contributed by atoms with van der Waals surface area (Å²) in [5, 5.41) is 0. The van der Waals surface area contributed by atoms with E-state index in [9.17, 15) is 18.7 Å². The van der Waals surface area contributed by atoms with Crippen LogP contribution in [0, 0.1) is 16.7 Å². The van der Waals surface area contributed by atoms with E-state index in [4.69, 9.17) is 4.74 Å². The normalized spacial score (nSPS) is 29.8. The molecule has 1 aromatic carbocycles. The molecule has 0 amide bonds. The van der Waals surface area contributed by atoms with Crippen molar-refractivity contribution < 1.29 is 22.7 Å². The molecule has 0 aliphatic heterocycles. The fourth-order valence-corrected chi connectivity index (χ4v) is 11.2. The summed E-state index contributed by atoms with van der Waals surface area (Å²) in [7, 11) is -3.60. The first-order valence-corrected chi connectivity index (χ1v) is 16.3. The highest BCUT2D eigenvalue weighted by atomic mass is 32.2. The number of nitrogens with zero attached hydrogens (tertiary/aromatic N) is 3. The van der Waals surface area contributed by atoms with E-state index in [1.807, 2.05) is 10.4 Å². The molecule has 2 bridgehead atoms. The maximum atomic E-state index is 14.5. The van der Waals surface area contributed by atoms with Crippen LogP contribution < -0.4 is 0 Å². The van der Waals surface area contributed by atoms with Crippen molar-refractivity contribution in [3.63, 3.8) is 0 Å². The zero-order valence-electron chi connectivity index (χ0n) is 23.0. The SMILES string of the molecule is CC1(C)[C@@H]2CC[C@@]1(CS(=O)(=O)N(C1CCCCC1)C1CCCCC1)[C@H](OC(=O)C(=[N+]=[N-])c1ccccc1)C2. The average Bonchev–Trinajstić information content (AvgIpc) is 3.26. The number of ether oxygens (including phenoxy) is 1. The fourth-order valence-electron chi connectivity index (χ4n) is 8.33. The number of hydrogen-bond acceptors (Lipinski definition) is 4. The van der Waals surface area contributed by atoms with Gasteiger partial charge in [-0.15, -0.1) is 0 Å². The smallest absolute Gasteiger partial charge is 0.422 e. The molecule has 4 aliphatic rings. The van der Waals surface area contributed by atoms with Crippen LogP contribution in [0.2, 0.25) is 0 Å². The predicted molar refractivity (Wildman–Crippen MR) is 147 cm³/mol. The Bertz CT molecular complexity index is 1150. The second-order valence-electron chi connectivity index (χ2n) is 12.7. The van der Waals surface area contributed by atoms with Gasteiger partial charge in [-0.25, -0.2) is 13.2 Å². The number of carbonyl (C=O) groups excluding carboxylic acids is 1. The van der Waals surface area contributed by atoms with Gasteiger partial charge in [0.05, 0.1) is 11.3 Å². The van der Waals surface area contributed by atoms with E-state index in [0.717, 1.165) is 64.2 Å². The first-order valence-electron chi connectivity index (χ1n) is 14.7. The highest BCUT2D eigenvalue weighted by molar-refractivity contribution is 7.89. The van der Waals surface area contributed by atoms with Crippen LogP contribution in [0.1, 0.15) is 103 Å². The lowest BCUT2D eigenvalue weighted by Gasteiger charge is -2.46. The molecule has 4 fully saturated rings. The monoisotopic (exact) mass is 541 g/mol. The standard InChI is InChI=1S/C30H43N3O4S/c1-29(2)23-18-19-30(29,26(20-23)37-28(34)27(32-31)22-12-6-3-7-13-22)21-38(35,36)33(24-14-8-4-9-15-24)25-16-10-5-11-17-25/h3,6-7,12-13,23-26H,4-5,8-11,14-21H2,1-2H3/t23-,26-,30-/m1/s1. The van der Waals surface area contributed by atoms with Gasteiger partial charge in [-0.3, -0.25) is 0 Å². The van der Waals surface area contributed by atoms with Gasteiger partial charge >= 0.3 is 11.7 Å². The van der Waals surface area contributed by atoms with Crippen molar-refractivity contribution in [3.05, 3.63) is 41.4 Å². The predicted octanol–water partition coefficient (Wildman–Crippen LogP) is 5.74. The average molecular weight is 542 g/mol. The molecule has 4 saturated carbocycles. The van der Waals surface area contributed by atoms with Gasteiger partial charge in [0.1, 0.15) is 6.10 Å². The zero-order valence-corrected chi connectivity index (χ0v) is 23.8. The first kappa shape index (κ1) is 27.5. The Morgan fingerprint density at radius 2 is 1.55 bits per heavy atom. The minimum absolute atomic E-state index is 0.0192. The fraction of sp³-hybridized carbons (Fsp3) is 0.733. The van der Waals surface area contributed by atoms with E-state index in [1.54, 1.807) is 24.3 Å². The van der Waals surface area contributed by atoms with E-state index in [-0.39, 0.29) is 29.0 Å². The summed E-state index contributed by atoms with van der Waals surface area (Å²) in [6.45, 7) is 4.33. The van der Waals surface area contributed by atoms with Gasteiger partial charge < -0.3 is 10.3 Å². The molecule has 0 unspecified atom stereocenters. The Labute approximate surface area is 228 Å². The summed E-state index contributed by atoms with van der Waals surface area (Å²) in [6, 6.07) is 8.94. The Balaban J connectivity index is 1.44. The summed E-state index contributed by atoms with van der Waals surface area (Å²) in [4.78, 5) is 16.5. The Kier molecular flexibility index (Phi) is 7.87. The molecular weight excluding hydrogens is 498 g/mol. The van der Waals surface area contributed by atoms with Crippen molar-refractivity contribution in [1.82, 2.24) is 4.31 Å². The number of sulfonamides is 1. The molecule has 0 spiro atoms. The summed E-state index contributed by atoms with van der Waals surface area (Å²) in [5.41, 5.74) is 9.05. The highest BCUT2D eigenvalue weighted by Crippen LogP contribution is 2.67. The van der Waals surface area contributed by atoms with Crippen LogP contribution in [0.4, 0.5) is 0 Å². The van der Waals surface area contributed by atoms with E-state index in [0.29, 0.717) is 17.9 Å². The number of benzene rings is 1. The van der Waals surface area contributed by atoms with Gasteiger partial charge in [0.15, 0.2) is 0 Å². The van der Waals surface area contributed by atoms with Crippen molar-refractivity contribution in [2.75, 3.05) is 5.75 Å². The van der Waals surface area contributed by atoms with Gasteiger partial charge in [-0.1, -0.05) is 70.6 Å². The molecule has 0 heterocycles. The molecule has 5 rings (SSSR count). The molecule has 1 aromatic rings. The number of hydrogen-bond donors (Lipinski definition) is 0. The van der Waals surface area contributed by atoms with Crippen LogP contribution in [0.15, 0.2) is 30.3 Å². The summed E-state index contributed by atoms with van der Waals surface area (Å²) in [5.74, 6) is -0.384. The maximum Gasteiger partial charge on any atom is 0.422 e. The number of rotatable bonds is 8. The maximum absolute atomic E-state index is 14.5. The third-order valence-electron chi connectivity index (χ3n) is 10.6. The molecule has 0 saturated heterocycles. The molecule has 7 nitrogen and oxygen atoms in total. The molecule has 38 heavy (non-hydrogen) atoms. The largest absolute Gasteiger partial charge is 0.453 e. The summed E-state index contributed by atoms with van der Waals surface area (Å²) < 4.78 is 37.1. The molecule has 4 aliphatic carbocycles. The van der Waals surface area contributed by atoms with E-state index in [1.165, 1.54) is 12.8 Å².